The van der Waals surface area contributed by atoms with Gasteiger partial charge in [0.15, 0.2) is 0 Å². The third kappa shape index (κ3) is 11.9. The summed E-state index contributed by atoms with van der Waals surface area (Å²) >= 11 is 0. The van der Waals surface area contributed by atoms with Crippen LogP contribution in [0.2, 0.25) is 0 Å². The quantitative estimate of drug-likeness (QED) is 0.0863. The van der Waals surface area contributed by atoms with E-state index >= 15 is 0 Å². The van der Waals surface area contributed by atoms with E-state index in [1.165, 1.54) is 69.3 Å². The molecule has 0 saturated carbocycles. The summed E-state index contributed by atoms with van der Waals surface area (Å²) in [5.41, 5.74) is 25.1. The monoisotopic (exact) mass is 668 g/mol. The number of hydrogen-bond donors (Lipinski definition) is 0. The van der Waals surface area contributed by atoms with Crippen LogP contribution in [0.5, 0.6) is 0 Å². The average molecular weight is 670 g/mol. The van der Waals surface area contributed by atoms with Gasteiger partial charge in [0.1, 0.15) is 0 Å². The Morgan fingerprint density at radius 3 is 1.28 bits per heavy atom. The van der Waals surface area contributed by atoms with Crippen molar-refractivity contribution in [3.63, 3.8) is 0 Å². The molecule has 0 saturated heterocycles. The first-order valence-corrected chi connectivity index (χ1v) is 17.3. The predicted octanol–water partition coefficient (Wildman–Crippen LogP) is 12.6. The van der Waals surface area contributed by atoms with Gasteiger partial charge in [0.05, 0.1) is 0 Å². The Morgan fingerprint density at radius 1 is 0.553 bits per heavy atom. The number of unbranched alkanes of at least 4 members (excludes halogenated alkanes) is 3. The molecule has 0 fully saturated rings. The van der Waals surface area contributed by atoms with Crippen LogP contribution in [-0.4, -0.2) is 4.70 Å². The second-order valence-electron chi connectivity index (χ2n) is 12.4. The molecule has 0 atom stereocenters. The molecule has 2 nitrogen and oxygen atoms in total. The first-order chi connectivity index (χ1) is 22.3. The van der Waals surface area contributed by atoms with E-state index in [0.29, 0.717) is 0 Å². The van der Waals surface area contributed by atoms with Crippen LogP contribution in [0.3, 0.4) is 0 Å². The summed E-state index contributed by atoms with van der Waals surface area (Å²) in [5, 5.41) is 0. The van der Waals surface area contributed by atoms with E-state index in [1.54, 1.807) is 0 Å². The van der Waals surface area contributed by atoms with Crippen LogP contribution in [0.4, 0.5) is 0 Å². The molecule has 0 amide bonds. The number of aryl methyl sites for hydroxylation is 4. The van der Waals surface area contributed by atoms with E-state index in [4.69, 9.17) is 0 Å². The topological polar surface area (TPSA) is 25.3 Å². The molecule has 47 heavy (non-hydrogen) atoms. The van der Waals surface area contributed by atoms with E-state index < -0.39 is 0 Å². The van der Waals surface area contributed by atoms with E-state index in [1.807, 2.05) is 60.7 Å². The molecule has 0 N–H and O–H groups in total. The zero-order valence-electron chi connectivity index (χ0n) is 29.7. The smallest absolute Gasteiger partial charge is 0.493 e. The standard InChI is InChI=1S/C32H44N2.2C6H5.Ni/c1-8-11-14-26-21-31(27-17-22(4)29(15-12-9-2)23(5)18-27)34(33)32(26)28-19-24(6)30(16-13-10-3)25(7)20-28;2*1-2-4-6-5-3-1;/h17-21H,8-16H2,1-7H3;2*1-5H;/q;2*-1;+2. The normalized spacial score (nSPS) is 12.0. The summed E-state index contributed by atoms with van der Waals surface area (Å²) in [5.74, 6) is 0. The van der Waals surface area contributed by atoms with Gasteiger partial charge in [-0.05, 0) is 124 Å². The van der Waals surface area contributed by atoms with Crippen molar-refractivity contribution >= 4 is 11.4 Å². The molecular formula is C44H54N2Ni. The Balaban J connectivity index is 0.000000490. The van der Waals surface area contributed by atoms with Crippen LogP contribution in [0.1, 0.15) is 110 Å². The van der Waals surface area contributed by atoms with Crippen molar-refractivity contribution in [1.82, 2.24) is 0 Å². The van der Waals surface area contributed by atoms with Crippen molar-refractivity contribution in [3.8, 4) is 0 Å². The van der Waals surface area contributed by atoms with Crippen molar-refractivity contribution in [2.45, 2.75) is 106 Å². The molecule has 5 rings (SSSR count). The number of benzene rings is 4. The zero-order chi connectivity index (χ0) is 33.3. The summed E-state index contributed by atoms with van der Waals surface area (Å²) < 4.78 is 1.46. The largest absolute Gasteiger partial charge is 2.00 e. The first-order valence-electron chi connectivity index (χ1n) is 17.3. The SMILES string of the molecule is CCCCC1=C(c2cc(C)c(CCCC)c(C)c2)[N+](=[N-])C(c2cc(C)c(CCCC)c(C)c2)=C1.[Ni+2].[c-]1ccccc1.[c-]1ccccc1. The maximum Gasteiger partial charge on any atom is 2.00 e. The molecule has 4 aromatic carbocycles. The van der Waals surface area contributed by atoms with Gasteiger partial charge >= 0.3 is 16.5 Å². The van der Waals surface area contributed by atoms with Gasteiger partial charge < -0.3 is 5.53 Å². The molecule has 250 valence electrons. The summed E-state index contributed by atoms with van der Waals surface area (Å²) in [6.07, 6.45) is 12.6. The Labute approximate surface area is 296 Å². The number of rotatable bonds is 11. The molecule has 0 bridgehead atoms. The maximum absolute atomic E-state index is 11.5. The minimum Gasteiger partial charge on any atom is -0.493 e. The van der Waals surface area contributed by atoms with E-state index in [2.05, 4.69) is 90.9 Å². The minimum atomic E-state index is 0. The molecule has 0 radical (unpaired) electrons. The number of allylic oxidation sites excluding steroid dienone is 2. The van der Waals surface area contributed by atoms with Crippen LogP contribution in [-0.2, 0) is 29.3 Å². The second-order valence-corrected chi connectivity index (χ2v) is 12.4. The fourth-order valence-electron chi connectivity index (χ4n) is 6.07. The predicted molar refractivity (Wildman–Crippen MR) is 198 cm³/mol. The van der Waals surface area contributed by atoms with Gasteiger partial charge in [-0.1, -0.05) is 40.0 Å². The molecule has 3 heteroatoms. The number of nitrogens with zero attached hydrogens (tertiary/aromatic N) is 2. The molecule has 1 aliphatic rings. The Morgan fingerprint density at radius 2 is 0.936 bits per heavy atom. The van der Waals surface area contributed by atoms with Crippen molar-refractivity contribution in [3.05, 3.63) is 159 Å². The van der Waals surface area contributed by atoms with Gasteiger partial charge in [-0.15, -0.1) is 0 Å². The van der Waals surface area contributed by atoms with Crippen LogP contribution < -0.4 is 0 Å². The molecule has 4 aromatic rings. The first kappa shape index (κ1) is 39.6. The van der Waals surface area contributed by atoms with Crippen molar-refractivity contribution in [2.75, 3.05) is 0 Å². The van der Waals surface area contributed by atoms with Crippen LogP contribution in [0.15, 0.2) is 96.6 Å². The average Bonchev–Trinajstić information content (AvgIpc) is 3.40. The fraction of sp³-hybridized carbons (Fsp3) is 0.364. The van der Waals surface area contributed by atoms with Gasteiger partial charge in [-0.3, -0.25) is 0 Å². The number of hydrogen-bond acceptors (Lipinski definition) is 0. The minimum absolute atomic E-state index is 0. The van der Waals surface area contributed by atoms with Gasteiger partial charge in [0, 0.05) is 22.8 Å². The third-order valence-electron chi connectivity index (χ3n) is 8.59. The van der Waals surface area contributed by atoms with E-state index in [0.717, 1.165) is 54.6 Å². The van der Waals surface area contributed by atoms with Gasteiger partial charge in [-0.25, -0.2) is 4.70 Å². The third-order valence-corrected chi connectivity index (χ3v) is 8.59. The maximum atomic E-state index is 11.5. The summed E-state index contributed by atoms with van der Waals surface area (Å²) in [7, 11) is 0. The molecule has 0 aliphatic carbocycles. The summed E-state index contributed by atoms with van der Waals surface area (Å²) in [6.45, 7) is 15.6. The second kappa shape index (κ2) is 21.4. The zero-order valence-corrected chi connectivity index (χ0v) is 30.7. The fourth-order valence-corrected chi connectivity index (χ4v) is 6.07. The molecule has 0 unspecified atom stereocenters. The van der Waals surface area contributed by atoms with E-state index in [-0.39, 0.29) is 16.5 Å². The molecule has 1 heterocycles. The van der Waals surface area contributed by atoms with Gasteiger partial charge in [-0.2, -0.15) is 72.8 Å². The molecular weight excluding hydrogens is 615 g/mol. The Kier molecular flexibility index (Phi) is 18.0. The van der Waals surface area contributed by atoms with Crippen LogP contribution in [0.25, 0.3) is 16.9 Å². The van der Waals surface area contributed by atoms with Crippen molar-refractivity contribution in [2.24, 2.45) is 0 Å². The van der Waals surface area contributed by atoms with Gasteiger partial charge in [0.2, 0.25) is 11.4 Å². The van der Waals surface area contributed by atoms with Crippen LogP contribution in [0, 0.1) is 39.8 Å². The summed E-state index contributed by atoms with van der Waals surface area (Å²) in [4.78, 5) is 0. The molecule has 1 aliphatic heterocycles. The van der Waals surface area contributed by atoms with E-state index in [9.17, 15) is 5.53 Å². The molecule has 0 spiro atoms. The molecule has 0 aromatic heterocycles. The van der Waals surface area contributed by atoms with Crippen molar-refractivity contribution in [1.29, 1.82) is 0 Å². The van der Waals surface area contributed by atoms with Crippen LogP contribution >= 0.6 is 0 Å². The Bertz CT molecular complexity index is 1450. The van der Waals surface area contributed by atoms with Gasteiger partial charge in [0.25, 0.3) is 0 Å². The Hall–Kier alpha value is -3.55. The van der Waals surface area contributed by atoms with Crippen molar-refractivity contribution < 1.29 is 21.2 Å². The summed E-state index contributed by atoms with van der Waals surface area (Å²) in [6, 6.07) is 34.1.